The van der Waals surface area contributed by atoms with Crippen molar-refractivity contribution >= 4 is 70.4 Å². The van der Waals surface area contributed by atoms with Crippen molar-refractivity contribution in [1.82, 2.24) is 5.32 Å². The first kappa shape index (κ1) is 23.9. The van der Waals surface area contributed by atoms with Gasteiger partial charge in [-0.25, -0.2) is 0 Å². The van der Waals surface area contributed by atoms with Crippen LogP contribution in [0.15, 0.2) is 65.7 Å². The van der Waals surface area contributed by atoms with Crippen molar-refractivity contribution in [3.8, 4) is 0 Å². The van der Waals surface area contributed by atoms with Gasteiger partial charge in [0.05, 0.1) is 11.4 Å². The zero-order valence-electron chi connectivity index (χ0n) is 17.8. The number of carbonyl (C=O) groups is 1. The third kappa shape index (κ3) is 5.00. The van der Waals surface area contributed by atoms with Crippen molar-refractivity contribution in [3.05, 3.63) is 92.4 Å². The molecule has 33 heavy (non-hydrogen) atoms. The Morgan fingerprint density at radius 3 is 2.48 bits per heavy atom. The van der Waals surface area contributed by atoms with Gasteiger partial charge in [0.15, 0.2) is 6.17 Å². The van der Waals surface area contributed by atoms with Gasteiger partial charge >= 0.3 is 0 Å². The van der Waals surface area contributed by atoms with Gasteiger partial charge in [0.1, 0.15) is 5.50 Å². The monoisotopic (exact) mass is 518 g/mol. The first-order valence-corrected chi connectivity index (χ1v) is 11.8. The molecule has 4 rings (SSSR count). The van der Waals surface area contributed by atoms with E-state index in [0.29, 0.717) is 37.6 Å². The molecular formula is C24H21Cl3N4OS. The molecule has 5 nitrogen and oxygen atoms in total. The van der Waals surface area contributed by atoms with Crippen LogP contribution in [-0.4, -0.2) is 30.3 Å². The minimum Gasteiger partial charge on any atom is -0.361 e. The van der Waals surface area contributed by atoms with E-state index in [0.717, 1.165) is 11.3 Å². The van der Waals surface area contributed by atoms with Gasteiger partial charge in [-0.2, -0.15) is 0 Å². The van der Waals surface area contributed by atoms with Crippen LogP contribution in [0.2, 0.25) is 15.1 Å². The molecule has 0 radical (unpaired) electrons. The van der Waals surface area contributed by atoms with Gasteiger partial charge in [0.25, 0.3) is 5.91 Å². The number of amides is 1. The molecule has 0 bridgehead atoms. The highest BCUT2D eigenvalue weighted by atomic mass is 35.5. The van der Waals surface area contributed by atoms with Crippen LogP contribution in [0.25, 0.3) is 0 Å². The summed E-state index contributed by atoms with van der Waals surface area (Å²) in [6, 6.07) is 18.3. The van der Waals surface area contributed by atoms with Crippen LogP contribution in [0.1, 0.15) is 16.7 Å². The minimum absolute atomic E-state index is 0.246. The number of carbonyl (C=O) groups excluding carboxylic acids is 1. The molecule has 2 N–H and O–H groups in total. The van der Waals surface area contributed by atoms with Crippen LogP contribution in [0.4, 0.5) is 11.4 Å². The number of fused-ring (bicyclic) bond motifs is 1. The zero-order chi connectivity index (χ0) is 23.7. The predicted molar refractivity (Wildman–Crippen MR) is 141 cm³/mol. The molecule has 9 heteroatoms. The first-order valence-electron chi connectivity index (χ1n) is 10.1. The summed E-state index contributed by atoms with van der Waals surface area (Å²) in [6.45, 7) is 1.91. The topological polar surface area (TPSA) is 56.7 Å². The maximum absolute atomic E-state index is 13.4. The van der Waals surface area contributed by atoms with Crippen molar-refractivity contribution in [3.63, 3.8) is 0 Å². The second kappa shape index (κ2) is 9.95. The average Bonchev–Trinajstić information content (AvgIpc) is 2.88. The molecule has 1 heterocycles. The van der Waals surface area contributed by atoms with E-state index in [-0.39, 0.29) is 5.91 Å². The quantitative estimate of drug-likeness (QED) is 0.286. The number of rotatable bonds is 5. The fourth-order valence-corrected chi connectivity index (χ4v) is 4.48. The number of nitrogens with one attached hydrogen (secondary N) is 2. The molecule has 1 aliphatic rings. The summed E-state index contributed by atoms with van der Waals surface area (Å²) < 4.78 is 0. The fraction of sp³-hybridized carbons (Fsp3) is 0.167. The van der Waals surface area contributed by atoms with Crippen LogP contribution in [0.3, 0.4) is 0 Å². The molecule has 0 saturated carbocycles. The summed E-state index contributed by atoms with van der Waals surface area (Å²) in [6.07, 6.45) is -0.929. The molecule has 170 valence electrons. The van der Waals surface area contributed by atoms with Gasteiger partial charge in [0, 0.05) is 38.9 Å². The van der Waals surface area contributed by atoms with E-state index in [9.17, 15) is 4.79 Å². The number of aliphatic imine (C=N–C) groups is 1. The summed E-state index contributed by atoms with van der Waals surface area (Å²) in [4.78, 5) is 19.7. The summed E-state index contributed by atoms with van der Waals surface area (Å²) in [7, 11) is 1.71. The van der Waals surface area contributed by atoms with Crippen molar-refractivity contribution < 1.29 is 4.79 Å². The SMILES string of the molecule is Cc1c(Cl)cccc1NC(S)NC1N=C(c2ccccc2Cl)c2cc(Cl)ccc2N(C)C1=O. The second-order valence-electron chi connectivity index (χ2n) is 7.54. The molecule has 0 aromatic heterocycles. The van der Waals surface area contributed by atoms with E-state index < -0.39 is 11.7 Å². The highest BCUT2D eigenvalue weighted by Crippen LogP contribution is 2.32. The Hall–Kier alpha value is -2.22. The largest absolute Gasteiger partial charge is 0.361 e. The van der Waals surface area contributed by atoms with Crippen molar-refractivity contribution in [1.29, 1.82) is 0 Å². The van der Waals surface area contributed by atoms with Gasteiger partial charge in [-0.3, -0.25) is 15.1 Å². The highest BCUT2D eigenvalue weighted by molar-refractivity contribution is 7.81. The summed E-state index contributed by atoms with van der Waals surface area (Å²) in [5.74, 6) is -0.246. The van der Waals surface area contributed by atoms with E-state index >= 15 is 0 Å². The van der Waals surface area contributed by atoms with Crippen LogP contribution in [0.5, 0.6) is 0 Å². The molecule has 1 amide bonds. The smallest absolute Gasteiger partial charge is 0.266 e. The Balaban J connectivity index is 1.74. The maximum atomic E-state index is 13.4. The molecule has 3 aromatic rings. The number of likely N-dealkylation sites (N-methyl/N-ethyl adjacent to an activating group) is 1. The predicted octanol–water partition coefficient (Wildman–Crippen LogP) is 6.01. The van der Waals surface area contributed by atoms with Gasteiger partial charge in [0.2, 0.25) is 0 Å². The molecule has 0 spiro atoms. The molecular weight excluding hydrogens is 499 g/mol. The molecule has 2 atom stereocenters. The highest BCUT2D eigenvalue weighted by Gasteiger charge is 2.31. The zero-order valence-corrected chi connectivity index (χ0v) is 21.0. The molecule has 0 aliphatic carbocycles. The number of benzene rings is 3. The van der Waals surface area contributed by atoms with Gasteiger partial charge < -0.3 is 10.2 Å². The van der Waals surface area contributed by atoms with E-state index in [1.165, 1.54) is 0 Å². The van der Waals surface area contributed by atoms with Crippen LogP contribution in [0, 0.1) is 6.92 Å². The van der Waals surface area contributed by atoms with E-state index in [1.54, 1.807) is 36.2 Å². The van der Waals surface area contributed by atoms with E-state index in [4.69, 9.17) is 39.8 Å². The lowest BCUT2D eigenvalue weighted by Gasteiger charge is -2.24. The number of nitrogens with zero attached hydrogens (tertiary/aromatic N) is 2. The molecule has 2 unspecified atom stereocenters. The molecule has 0 saturated heterocycles. The van der Waals surface area contributed by atoms with Crippen LogP contribution in [-0.2, 0) is 4.79 Å². The van der Waals surface area contributed by atoms with Crippen molar-refractivity contribution in [2.75, 3.05) is 17.3 Å². The second-order valence-corrected chi connectivity index (χ2v) is 9.31. The van der Waals surface area contributed by atoms with Gasteiger partial charge in [-0.05, 0) is 48.9 Å². The van der Waals surface area contributed by atoms with Gasteiger partial charge in [-0.1, -0.05) is 59.1 Å². The normalized spacial score (nSPS) is 16.7. The number of hydrogen-bond acceptors (Lipinski definition) is 5. The molecule has 1 aliphatic heterocycles. The van der Waals surface area contributed by atoms with Crippen molar-refractivity contribution in [2.45, 2.75) is 18.6 Å². The Labute approximate surface area is 213 Å². The number of hydrogen-bond donors (Lipinski definition) is 3. The third-order valence-electron chi connectivity index (χ3n) is 5.40. The lowest BCUT2D eigenvalue weighted by Crippen LogP contribution is -2.48. The Kier molecular flexibility index (Phi) is 7.22. The summed E-state index contributed by atoms with van der Waals surface area (Å²) in [5, 5.41) is 8.08. The minimum atomic E-state index is -0.929. The first-order chi connectivity index (χ1) is 15.8. The third-order valence-corrected chi connectivity index (χ3v) is 6.65. The van der Waals surface area contributed by atoms with Gasteiger partial charge in [-0.15, -0.1) is 12.6 Å². The number of halogens is 3. The Bertz CT molecular complexity index is 1250. The number of benzodiazepines with no additional fused rings is 1. The Morgan fingerprint density at radius 2 is 1.73 bits per heavy atom. The van der Waals surface area contributed by atoms with Crippen LogP contribution >= 0.6 is 47.4 Å². The van der Waals surface area contributed by atoms with E-state index in [2.05, 4.69) is 23.3 Å². The number of thiol groups is 1. The summed E-state index contributed by atoms with van der Waals surface area (Å²) in [5.41, 5.74) is 3.75. The molecule has 0 fully saturated rings. The molecule has 3 aromatic carbocycles. The lowest BCUT2D eigenvalue weighted by molar-refractivity contribution is -0.120. The lowest BCUT2D eigenvalue weighted by atomic mass is 10.00. The van der Waals surface area contributed by atoms with E-state index in [1.807, 2.05) is 43.3 Å². The fourth-order valence-electron chi connectivity index (χ4n) is 3.63. The number of anilines is 2. The van der Waals surface area contributed by atoms with Crippen molar-refractivity contribution in [2.24, 2.45) is 4.99 Å². The van der Waals surface area contributed by atoms with Crippen LogP contribution < -0.4 is 15.5 Å². The Morgan fingerprint density at radius 1 is 1.00 bits per heavy atom. The average molecular weight is 520 g/mol. The maximum Gasteiger partial charge on any atom is 0.266 e. The summed E-state index contributed by atoms with van der Waals surface area (Å²) >= 11 is 23.6. The standard InChI is InChI=1S/C24H21Cl3N4OS/c1-13-17(26)8-5-9-19(13)28-24(33)30-22-23(32)31(2)20-11-10-14(25)12-16(20)21(29-22)15-6-3-4-7-18(15)27/h3-12,22,24,28,30,33H,1-2H3.